The third-order valence-corrected chi connectivity index (χ3v) is 4.61. The number of aromatic hydroxyl groups is 2. The molecule has 0 radical (unpaired) electrons. The molecule has 0 fully saturated rings. The van der Waals surface area contributed by atoms with Crippen LogP contribution in [0.3, 0.4) is 0 Å². The van der Waals surface area contributed by atoms with Crippen LogP contribution >= 0.6 is 0 Å². The van der Waals surface area contributed by atoms with Crippen LogP contribution in [0.5, 0.6) is 17.2 Å². The van der Waals surface area contributed by atoms with Gasteiger partial charge in [0.05, 0.1) is 5.39 Å². The molecule has 1 heterocycles. The zero-order valence-corrected chi connectivity index (χ0v) is 16.3. The first-order valence-corrected chi connectivity index (χ1v) is 9.16. The van der Waals surface area contributed by atoms with E-state index in [1.165, 1.54) is 30.3 Å². The van der Waals surface area contributed by atoms with E-state index in [1.54, 1.807) is 6.92 Å². The topological polar surface area (TPSA) is 97.0 Å². The number of benzene rings is 2. The van der Waals surface area contributed by atoms with Crippen molar-refractivity contribution in [1.82, 2.24) is 0 Å². The van der Waals surface area contributed by atoms with Crippen molar-refractivity contribution >= 4 is 27.7 Å². The van der Waals surface area contributed by atoms with Gasteiger partial charge in [0, 0.05) is 18.6 Å². The number of phenols is 2. The minimum atomic E-state index is -0.431. The minimum Gasteiger partial charge on any atom is -0.508 e. The zero-order chi connectivity index (χ0) is 21.1. The number of fused-ring (bicyclic) bond motifs is 2. The van der Waals surface area contributed by atoms with Crippen molar-refractivity contribution in [2.24, 2.45) is 0 Å². The summed E-state index contributed by atoms with van der Waals surface area (Å²) in [5.41, 5.74) is 1.61. The standard InChI is InChI=1S/C23H22O6/c1-13(2)18(25)6-4-14(3)8-9-28-16-11-19(26)22-21(12-16)29-20-7-5-15(24)10-17(20)23(22)27/h5,7-8,10-12,24,26H,1,4,6,9H2,2-3H3/b14-8+. The Labute approximate surface area is 167 Å². The summed E-state index contributed by atoms with van der Waals surface area (Å²) in [5, 5.41) is 20.1. The number of hydrogen-bond donors (Lipinski definition) is 2. The van der Waals surface area contributed by atoms with Crippen LogP contribution in [0, 0.1) is 0 Å². The van der Waals surface area contributed by atoms with E-state index >= 15 is 0 Å². The Balaban J connectivity index is 1.81. The first-order valence-electron chi connectivity index (χ1n) is 9.16. The number of phenolic OH excluding ortho intramolecular Hbond substituents is 2. The lowest BCUT2D eigenvalue weighted by atomic mass is 10.1. The fourth-order valence-corrected chi connectivity index (χ4v) is 2.91. The highest BCUT2D eigenvalue weighted by Crippen LogP contribution is 2.31. The van der Waals surface area contributed by atoms with Crippen molar-refractivity contribution in [2.75, 3.05) is 6.61 Å². The van der Waals surface area contributed by atoms with Gasteiger partial charge in [0.1, 0.15) is 40.4 Å². The van der Waals surface area contributed by atoms with Crippen molar-refractivity contribution in [3.8, 4) is 17.2 Å². The molecule has 1 aromatic heterocycles. The van der Waals surface area contributed by atoms with E-state index in [2.05, 4.69) is 6.58 Å². The molecule has 0 spiro atoms. The van der Waals surface area contributed by atoms with Gasteiger partial charge in [-0.2, -0.15) is 0 Å². The summed E-state index contributed by atoms with van der Waals surface area (Å²) < 4.78 is 11.4. The molecule has 6 nitrogen and oxygen atoms in total. The maximum absolute atomic E-state index is 12.6. The number of carbonyl (C=O) groups excluding carboxylic acids is 1. The Bertz CT molecular complexity index is 1200. The van der Waals surface area contributed by atoms with E-state index in [0.717, 1.165) is 5.57 Å². The molecule has 150 valence electrons. The number of carbonyl (C=O) groups is 1. The maximum Gasteiger partial charge on any atom is 0.204 e. The predicted octanol–water partition coefficient (Wildman–Crippen LogP) is 4.61. The van der Waals surface area contributed by atoms with Crippen LogP contribution in [-0.4, -0.2) is 22.6 Å². The molecule has 0 saturated carbocycles. The van der Waals surface area contributed by atoms with Crippen LogP contribution in [0.1, 0.15) is 26.7 Å². The SMILES string of the molecule is C=C(C)C(=O)CC/C(C)=C/COc1cc(O)c2c(=O)c3cc(O)ccc3oc2c1. The molecule has 2 N–H and O–H groups in total. The van der Waals surface area contributed by atoms with Gasteiger partial charge in [-0.05, 0) is 50.1 Å². The van der Waals surface area contributed by atoms with E-state index in [-0.39, 0.29) is 40.2 Å². The molecule has 0 aliphatic carbocycles. The summed E-state index contributed by atoms with van der Waals surface area (Å²) in [7, 11) is 0. The molecule has 0 saturated heterocycles. The fourth-order valence-electron chi connectivity index (χ4n) is 2.91. The maximum atomic E-state index is 12.6. The summed E-state index contributed by atoms with van der Waals surface area (Å²) in [6, 6.07) is 7.10. The molecular weight excluding hydrogens is 372 g/mol. The first kappa shape index (κ1) is 20.2. The molecule has 3 rings (SSSR count). The number of hydrogen-bond acceptors (Lipinski definition) is 6. The highest BCUT2D eigenvalue weighted by Gasteiger charge is 2.14. The molecule has 0 unspecified atom stereocenters. The van der Waals surface area contributed by atoms with Gasteiger partial charge in [-0.3, -0.25) is 9.59 Å². The van der Waals surface area contributed by atoms with Crippen LogP contribution in [0.2, 0.25) is 0 Å². The number of ketones is 1. The fraction of sp³-hybridized carbons (Fsp3) is 0.217. The molecular formula is C23H22O6. The Morgan fingerprint density at radius 2 is 1.90 bits per heavy atom. The van der Waals surface area contributed by atoms with Crippen molar-refractivity contribution < 1.29 is 24.2 Å². The van der Waals surface area contributed by atoms with Gasteiger partial charge >= 0.3 is 0 Å². The van der Waals surface area contributed by atoms with Crippen LogP contribution in [0.15, 0.2) is 63.3 Å². The summed E-state index contributed by atoms with van der Waals surface area (Å²) in [4.78, 5) is 24.2. The van der Waals surface area contributed by atoms with E-state index in [9.17, 15) is 19.8 Å². The Kier molecular flexibility index (Phi) is 5.73. The second kappa shape index (κ2) is 8.22. The van der Waals surface area contributed by atoms with Crippen LogP contribution in [0.25, 0.3) is 21.9 Å². The molecule has 6 heteroatoms. The number of ether oxygens (including phenoxy) is 1. The summed E-state index contributed by atoms with van der Waals surface area (Å²) in [5.74, 6) is 0.0620. The Morgan fingerprint density at radius 3 is 2.62 bits per heavy atom. The normalized spacial score (nSPS) is 11.7. The molecule has 0 aliphatic heterocycles. The monoisotopic (exact) mass is 394 g/mol. The zero-order valence-electron chi connectivity index (χ0n) is 16.3. The molecule has 0 atom stereocenters. The van der Waals surface area contributed by atoms with E-state index in [0.29, 0.717) is 29.7 Å². The minimum absolute atomic E-state index is 0.0282. The van der Waals surface area contributed by atoms with E-state index in [1.807, 2.05) is 13.0 Å². The summed E-state index contributed by atoms with van der Waals surface area (Å²) in [6.45, 7) is 7.48. The molecule has 2 aromatic carbocycles. The van der Waals surface area contributed by atoms with Crippen molar-refractivity contribution in [2.45, 2.75) is 26.7 Å². The molecule has 0 bridgehead atoms. The highest BCUT2D eigenvalue weighted by atomic mass is 16.5. The summed E-state index contributed by atoms with van der Waals surface area (Å²) in [6.07, 6.45) is 2.88. The van der Waals surface area contributed by atoms with Gasteiger partial charge in [0.15, 0.2) is 5.78 Å². The molecule has 0 amide bonds. The van der Waals surface area contributed by atoms with Gasteiger partial charge in [-0.25, -0.2) is 0 Å². The molecule has 3 aromatic rings. The second-order valence-corrected chi connectivity index (χ2v) is 6.99. The second-order valence-electron chi connectivity index (χ2n) is 6.99. The number of rotatable bonds is 7. The van der Waals surface area contributed by atoms with Gasteiger partial charge < -0.3 is 19.4 Å². The van der Waals surface area contributed by atoms with Crippen LogP contribution in [0.4, 0.5) is 0 Å². The van der Waals surface area contributed by atoms with Crippen molar-refractivity contribution in [1.29, 1.82) is 0 Å². The van der Waals surface area contributed by atoms with Gasteiger partial charge in [-0.1, -0.05) is 12.2 Å². The third-order valence-electron chi connectivity index (χ3n) is 4.61. The largest absolute Gasteiger partial charge is 0.508 e. The lowest BCUT2D eigenvalue weighted by Gasteiger charge is -2.08. The average Bonchev–Trinajstić information content (AvgIpc) is 2.66. The van der Waals surface area contributed by atoms with E-state index in [4.69, 9.17) is 9.15 Å². The van der Waals surface area contributed by atoms with Crippen LogP contribution in [-0.2, 0) is 4.79 Å². The van der Waals surface area contributed by atoms with Gasteiger partial charge in [0.25, 0.3) is 0 Å². The molecule has 0 aliphatic rings. The number of Topliss-reactive ketones (excluding diaryl/α,β-unsaturated/α-hetero) is 1. The molecule has 29 heavy (non-hydrogen) atoms. The lowest BCUT2D eigenvalue weighted by molar-refractivity contribution is -0.115. The van der Waals surface area contributed by atoms with Gasteiger partial charge in [-0.15, -0.1) is 0 Å². The quantitative estimate of drug-likeness (QED) is 0.345. The third kappa shape index (κ3) is 4.48. The van der Waals surface area contributed by atoms with Crippen molar-refractivity contribution in [3.63, 3.8) is 0 Å². The van der Waals surface area contributed by atoms with Gasteiger partial charge in [0.2, 0.25) is 5.43 Å². The lowest BCUT2D eigenvalue weighted by Crippen LogP contribution is -2.03. The Morgan fingerprint density at radius 1 is 1.14 bits per heavy atom. The predicted molar refractivity (Wildman–Crippen MR) is 112 cm³/mol. The van der Waals surface area contributed by atoms with Crippen LogP contribution < -0.4 is 10.2 Å². The average molecular weight is 394 g/mol. The van der Waals surface area contributed by atoms with Crippen molar-refractivity contribution in [3.05, 3.63) is 64.4 Å². The number of allylic oxidation sites excluding steroid dienone is 2. The Hall–Kier alpha value is -3.54. The smallest absolute Gasteiger partial charge is 0.204 e. The highest BCUT2D eigenvalue weighted by molar-refractivity contribution is 5.94. The summed E-state index contributed by atoms with van der Waals surface area (Å²) >= 11 is 0. The first-order chi connectivity index (χ1) is 13.8. The van der Waals surface area contributed by atoms with E-state index < -0.39 is 5.43 Å².